The summed E-state index contributed by atoms with van der Waals surface area (Å²) in [6.45, 7) is 6.01. The molecule has 0 saturated carbocycles. The molecule has 1 amide bonds. The van der Waals surface area contributed by atoms with E-state index in [9.17, 15) is 4.79 Å². The Hall–Kier alpha value is -1.93. The highest BCUT2D eigenvalue weighted by Crippen LogP contribution is 2.13. The highest BCUT2D eigenvalue weighted by atomic mass is 35.5. The molecule has 1 fully saturated rings. The van der Waals surface area contributed by atoms with Crippen LogP contribution in [0.4, 0.5) is 0 Å². The molecule has 1 aromatic carbocycles. The normalized spacial score (nSPS) is 15.1. The van der Waals surface area contributed by atoms with Crippen molar-refractivity contribution in [1.29, 1.82) is 0 Å². The van der Waals surface area contributed by atoms with Gasteiger partial charge in [0.25, 0.3) is 6.47 Å². The van der Waals surface area contributed by atoms with E-state index in [0.717, 1.165) is 50.6 Å². The van der Waals surface area contributed by atoms with Crippen molar-refractivity contribution in [3.63, 3.8) is 0 Å². The Labute approximate surface area is 181 Å². The van der Waals surface area contributed by atoms with Gasteiger partial charge in [0.15, 0.2) is 0 Å². The van der Waals surface area contributed by atoms with Crippen molar-refractivity contribution in [3.8, 4) is 0 Å². The number of rotatable bonds is 7. The van der Waals surface area contributed by atoms with Crippen LogP contribution in [0.3, 0.4) is 0 Å². The van der Waals surface area contributed by atoms with Gasteiger partial charge in [0.05, 0.1) is 6.54 Å². The lowest BCUT2D eigenvalue weighted by atomic mass is 10.1. The molecule has 0 spiro atoms. The Morgan fingerprint density at radius 2 is 1.83 bits per heavy atom. The van der Waals surface area contributed by atoms with Crippen LogP contribution >= 0.6 is 22.9 Å². The molecule has 3 rings (SSSR count). The number of carbonyl (C=O) groups excluding carboxylic acids is 1. The maximum atomic E-state index is 12.2. The number of benzene rings is 1. The highest BCUT2D eigenvalue weighted by Gasteiger charge is 2.17. The van der Waals surface area contributed by atoms with E-state index in [-0.39, 0.29) is 12.4 Å². The molecule has 2 N–H and O–H groups in total. The molecule has 0 aliphatic carbocycles. The van der Waals surface area contributed by atoms with E-state index in [1.807, 2.05) is 35.6 Å². The van der Waals surface area contributed by atoms with Crippen molar-refractivity contribution in [2.75, 3.05) is 39.3 Å². The average molecular weight is 438 g/mol. The Morgan fingerprint density at radius 1 is 1.14 bits per heavy atom. The molecule has 6 nitrogen and oxygen atoms in total. The Kier molecular flexibility index (Phi) is 10.7. The summed E-state index contributed by atoms with van der Waals surface area (Å²) in [7, 11) is 0. The number of thiophene rings is 1. The topological polar surface area (TPSA) is 72.9 Å². The molecular formula is C21H28ClN3O3S. The van der Waals surface area contributed by atoms with E-state index in [2.05, 4.69) is 32.6 Å². The summed E-state index contributed by atoms with van der Waals surface area (Å²) < 4.78 is 0. The maximum absolute atomic E-state index is 12.2. The van der Waals surface area contributed by atoms with Crippen LogP contribution in [0.5, 0.6) is 0 Å². The third kappa shape index (κ3) is 9.41. The first-order valence-corrected chi connectivity index (χ1v) is 10.9. The predicted octanol–water partition coefficient (Wildman–Crippen LogP) is 2.97. The summed E-state index contributed by atoms with van der Waals surface area (Å²) in [6, 6.07) is 12.1. The van der Waals surface area contributed by atoms with Crippen LogP contribution in [0, 0.1) is 0 Å². The zero-order chi connectivity index (χ0) is 20.9. The number of carboxylic acid groups (broad SMARTS) is 1. The van der Waals surface area contributed by atoms with Gasteiger partial charge in [-0.2, -0.15) is 0 Å². The molecule has 1 aliphatic heterocycles. The lowest BCUT2D eigenvalue weighted by Crippen LogP contribution is -2.39. The minimum atomic E-state index is -0.250. The summed E-state index contributed by atoms with van der Waals surface area (Å²) in [4.78, 5) is 26.8. The molecule has 0 bridgehead atoms. The average Bonchev–Trinajstić information content (AvgIpc) is 3.11. The largest absolute Gasteiger partial charge is 0.483 e. The molecule has 0 atom stereocenters. The minimum Gasteiger partial charge on any atom is -0.483 e. The number of hydrogen-bond acceptors (Lipinski definition) is 5. The van der Waals surface area contributed by atoms with Gasteiger partial charge in [0, 0.05) is 36.1 Å². The second-order valence-corrected chi connectivity index (χ2v) is 8.29. The van der Waals surface area contributed by atoms with Crippen LogP contribution in [0.25, 0.3) is 0 Å². The van der Waals surface area contributed by atoms with Gasteiger partial charge in [-0.3, -0.25) is 19.4 Å². The smallest absolute Gasteiger partial charge is 0.290 e. The Balaban J connectivity index is 0.000000941. The van der Waals surface area contributed by atoms with Crippen molar-refractivity contribution < 1.29 is 14.7 Å². The van der Waals surface area contributed by atoms with E-state index >= 15 is 0 Å². The molecule has 1 aromatic heterocycles. The second-order valence-electron chi connectivity index (χ2n) is 6.82. The Morgan fingerprint density at radius 3 is 2.52 bits per heavy atom. The van der Waals surface area contributed by atoms with Gasteiger partial charge in [-0.25, -0.2) is 0 Å². The molecule has 2 heterocycles. The molecule has 0 radical (unpaired) electrons. The first-order chi connectivity index (χ1) is 14.1. The third-order valence-electron chi connectivity index (χ3n) is 4.66. The van der Waals surface area contributed by atoms with Gasteiger partial charge in [-0.1, -0.05) is 29.8 Å². The van der Waals surface area contributed by atoms with Crippen molar-refractivity contribution in [2.45, 2.75) is 19.4 Å². The van der Waals surface area contributed by atoms with E-state index < -0.39 is 0 Å². The second kappa shape index (κ2) is 13.3. The third-order valence-corrected chi connectivity index (χ3v) is 5.77. The Bertz CT molecular complexity index is 725. The summed E-state index contributed by atoms with van der Waals surface area (Å²) in [5.41, 5.74) is 1.19. The standard InChI is InChI=1S/C20H26ClN3OS.CH2O2/c21-18-6-4-17(5-7-18)8-9-22-20(25)16-24-11-2-10-23(12-13-24)15-19-3-1-14-26-19;2-1-3/h1,3-7,14H,2,8-13,15-16H2,(H,22,25);1H,(H,2,3). The van der Waals surface area contributed by atoms with Crippen LogP contribution in [-0.4, -0.2) is 66.6 Å². The van der Waals surface area contributed by atoms with E-state index in [1.165, 1.54) is 10.4 Å². The van der Waals surface area contributed by atoms with E-state index in [1.54, 1.807) is 0 Å². The monoisotopic (exact) mass is 437 g/mol. The summed E-state index contributed by atoms with van der Waals surface area (Å²) in [5.74, 6) is 0.116. The summed E-state index contributed by atoms with van der Waals surface area (Å²) in [5, 5.41) is 12.8. The first kappa shape index (κ1) is 23.3. The zero-order valence-corrected chi connectivity index (χ0v) is 18.0. The lowest BCUT2D eigenvalue weighted by Gasteiger charge is -2.21. The SMILES string of the molecule is O=C(CN1CCCN(Cc2cccs2)CC1)NCCc1ccc(Cl)cc1.O=CO. The van der Waals surface area contributed by atoms with Crippen molar-refractivity contribution in [3.05, 3.63) is 57.2 Å². The van der Waals surface area contributed by atoms with Crippen LogP contribution in [0.2, 0.25) is 5.02 Å². The number of nitrogens with one attached hydrogen (secondary N) is 1. The number of carbonyl (C=O) groups is 2. The molecule has 2 aromatic rings. The minimum absolute atomic E-state index is 0.116. The number of hydrogen-bond donors (Lipinski definition) is 2. The number of halogens is 1. The van der Waals surface area contributed by atoms with Gasteiger partial charge >= 0.3 is 0 Å². The zero-order valence-electron chi connectivity index (χ0n) is 16.4. The van der Waals surface area contributed by atoms with Crippen LogP contribution in [-0.2, 0) is 22.6 Å². The fourth-order valence-corrected chi connectivity index (χ4v) is 4.09. The van der Waals surface area contributed by atoms with E-state index in [4.69, 9.17) is 21.5 Å². The van der Waals surface area contributed by atoms with Crippen LogP contribution < -0.4 is 5.32 Å². The predicted molar refractivity (Wildman–Crippen MR) is 118 cm³/mol. The molecule has 29 heavy (non-hydrogen) atoms. The maximum Gasteiger partial charge on any atom is 0.290 e. The van der Waals surface area contributed by atoms with Gasteiger partial charge in [-0.15, -0.1) is 11.3 Å². The molecule has 1 aliphatic rings. The van der Waals surface area contributed by atoms with E-state index in [0.29, 0.717) is 13.1 Å². The van der Waals surface area contributed by atoms with Gasteiger partial charge in [0.1, 0.15) is 0 Å². The number of nitrogens with zero attached hydrogens (tertiary/aromatic N) is 2. The summed E-state index contributed by atoms with van der Waals surface area (Å²) >= 11 is 7.71. The highest BCUT2D eigenvalue weighted by molar-refractivity contribution is 7.09. The quantitative estimate of drug-likeness (QED) is 0.651. The van der Waals surface area contributed by atoms with Gasteiger partial charge < -0.3 is 10.4 Å². The molecule has 8 heteroatoms. The first-order valence-electron chi connectivity index (χ1n) is 9.67. The van der Waals surface area contributed by atoms with Crippen molar-refractivity contribution in [2.24, 2.45) is 0 Å². The number of amides is 1. The molecule has 0 unspecified atom stereocenters. The fraction of sp³-hybridized carbons (Fsp3) is 0.429. The van der Waals surface area contributed by atoms with Crippen LogP contribution in [0.15, 0.2) is 41.8 Å². The van der Waals surface area contributed by atoms with Gasteiger partial charge in [-0.05, 0) is 55.1 Å². The van der Waals surface area contributed by atoms with Crippen molar-refractivity contribution in [1.82, 2.24) is 15.1 Å². The molecule has 1 saturated heterocycles. The van der Waals surface area contributed by atoms with Gasteiger partial charge in [0.2, 0.25) is 5.91 Å². The van der Waals surface area contributed by atoms with Crippen molar-refractivity contribution >= 4 is 35.3 Å². The molecular weight excluding hydrogens is 410 g/mol. The fourth-order valence-electron chi connectivity index (χ4n) is 3.22. The van der Waals surface area contributed by atoms with Crippen LogP contribution in [0.1, 0.15) is 16.9 Å². The summed E-state index contributed by atoms with van der Waals surface area (Å²) in [6.07, 6.45) is 1.95. The molecule has 158 valence electrons. The lowest BCUT2D eigenvalue weighted by molar-refractivity contribution is -0.123.